The Kier molecular flexibility index (Phi) is 8.45. The Morgan fingerprint density at radius 3 is 1.69 bits per heavy atom. The second-order valence-electron chi connectivity index (χ2n) is 24.0. The summed E-state index contributed by atoms with van der Waals surface area (Å²) in [5.41, 5.74) is 17.7. The van der Waals surface area contributed by atoms with Gasteiger partial charge in [0.25, 0.3) is 0 Å². The quantitative estimate of drug-likeness (QED) is 0.175. The highest BCUT2D eigenvalue weighted by Crippen LogP contribution is 2.54. The molecule has 2 nitrogen and oxygen atoms in total. The van der Waals surface area contributed by atoms with Crippen molar-refractivity contribution in [3.05, 3.63) is 162 Å². The largest absolute Gasteiger partial charge is 0.354 e. The van der Waals surface area contributed by atoms with Crippen molar-refractivity contribution in [1.82, 2.24) is 4.57 Å². The van der Waals surface area contributed by atoms with E-state index in [9.17, 15) is 0 Å². The zero-order valence-electron chi connectivity index (χ0n) is 41.9. The van der Waals surface area contributed by atoms with Crippen LogP contribution in [0.25, 0.3) is 101 Å². The molecule has 1 aliphatic heterocycles. The third kappa shape index (κ3) is 5.88. The van der Waals surface area contributed by atoms with Crippen LogP contribution in [0.5, 0.6) is 0 Å². The maximum atomic E-state index is 4.28. The standard InChI is InChI=1S/C66H56BN2S2/c1-63(2)25-27-65(5,6)47-34-55-42(32-45(47)63)57-50(21-14-22-53(57)70-55)68-51-23-24-54-59(43-33-46-48(35-56(43)71-54)66(7,8)28-26-64(46,3)4)58(51)44-30-38-17-11-12-18-39(38)62-60(44)67-49-20-13-19-40-41-29-36-15-9-10-16-37(36)31-52(41)69(62)61(40)49/h9-24,29-35,68H,25-28H2,1-8H3. The van der Waals surface area contributed by atoms with E-state index >= 15 is 0 Å². The lowest BCUT2D eigenvalue weighted by atomic mass is 9.58. The lowest BCUT2D eigenvalue weighted by Crippen LogP contribution is -2.37. The monoisotopic (exact) mass is 951 g/mol. The SMILES string of the molecule is CC1(C)CCC(C)(C)c2cc3c(cc21)sc1cccc(Nc2ccc4sc5cc6c(cc5c4c2-c2cc4ccccc4c4c2[B]c2cccc5c7cc8ccccc8cc7n-4c25)C(C)(C)CCC6(C)C)c13. The summed E-state index contributed by atoms with van der Waals surface area (Å²) in [5, 5.41) is 17.3. The van der Waals surface area contributed by atoms with Crippen molar-refractivity contribution in [3.63, 3.8) is 0 Å². The van der Waals surface area contributed by atoms with Crippen molar-refractivity contribution < 1.29 is 0 Å². The molecule has 1 radical (unpaired) electrons. The van der Waals surface area contributed by atoms with Gasteiger partial charge in [-0.25, -0.2) is 0 Å². The fourth-order valence-corrected chi connectivity index (χ4v) is 16.0. The molecule has 5 heteroatoms. The number of aromatic nitrogens is 1. The van der Waals surface area contributed by atoms with Gasteiger partial charge in [0.2, 0.25) is 0 Å². The fourth-order valence-electron chi connectivity index (χ4n) is 13.7. The molecular formula is C66H56BN2S2. The molecule has 0 amide bonds. The first-order valence-corrected chi connectivity index (χ1v) is 27.5. The van der Waals surface area contributed by atoms with Crippen LogP contribution in [0.1, 0.15) is 103 Å². The van der Waals surface area contributed by atoms with E-state index in [2.05, 4.69) is 212 Å². The van der Waals surface area contributed by atoms with Crippen LogP contribution in [0.2, 0.25) is 0 Å². The number of thiophene rings is 2. The normalized spacial score (nSPS) is 17.4. The number of hydrogen-bond acceptors (Lipinski definition) is 3. The summed E-state index contributed by atoms with van der Waals surface area (Å²) in [6, 6.07) is 54.3. The van der Waals surface area contributed by atoms with Crippen molar-refractivity contribution >= 4 is 136 Å². The number of fused-ring (bicyclic) bond motifs is 16. The number of anilines is 2. The topological polar surface area (TPSA) is 17.0 Å². The van der Waals surface area contributed by atoms with Crippen molar-refractivity contribution in [2.45, 2.75) is 103 Å². The summed E-state index contributed by atoms with van der Waals surface area (Å²) >= 11 is 3.91. The fraction of sp³-hybridized carbons (Fsp3) is 0.242. The molecule has 0 unspecified atom stereocenters. The molecule has 15 rings (SSSR count). The van der Waals surface area contributed by atoms with E-state index in [4.69, 9.17) is 0 Å². The molecular weight excluding hydrogens is 896 g/mol. The Morgan fingerprint density at radius 1 is 0.451 bits per heavy atom. The van der Waals surface area contributed by atoms with E-state index in [0.29, 0.717) is 0 Å². The highest BCUT2D eigenvalue weighted by atomic mass is 32.1. The van der Waals surface area contributed by atoms with Gasteiger partial charge in [-0.2, -0.15) is 0 Å². The first-order valence-electron chi connectivity index (χ1n) is 25.8. The number of para-hydroxylation sites is 1. The number of nitrogens with one attached hydrogen (secondary N) is 1. The van der Waals surface area contributed by atoms with E-state index in [1.54, 1.807) is 0 Å². The molecule has 1 N–H and O–H groups in total. The summed E-state index contributed by atoms with van der Waals surface area (Å²) in [5.74, 6) is 0. The first kappa shape index (κ1) is 42.3. The molecule has 2 aliphatic carbocycles. The van der Waals surface area contributed by atoms with Crippen molar-refractivity contribution in [3.8, 4) is 16.8 Å². The van der Waals surface area contributed by atoms with Crippen molar-refractivity contribution in [2.75, 3.05) is 5.32 Å². The summed E-state index contributed by atoms with van der Waals surface area (Å²) < 4.78 is 8.02. The Morgan fingerprint density at radius 2 is 1.01 bits per heavy atom. The lowest BCUT2D eigenvalue weighted by Gasteiger charge is -2.42. The molecule has 12 aromatic rings. The molecule has 0 saturated carbocycles. The van der Waals surface area contributed by atoms with E-state index in [0.717, 1.165) is 11.4 Å². The number of rotatable bonds is 3. The van der Waals surface area contributed by atoms with Crippen molar-refractivity contribution in [1.29, 1.82) is 0 Å². The van der Waals surface area contributed by atoms with Crippen LogP contribution in [0.3, 0.4) is 0 Å². The highest BCUT2D eigenvalue weighted by Gasteiger charge is 2.40. The van der Waals surface area contributed by atoms with Crippen LogP contribution >= 0.6 is 22.7 Å². The van der Waals surface area contributed by atoms with Gasteiger partial charge in [-0.1, -0.05) is 134 Å². The van der Waals surface area contributed by atoms with Crippen molar-refractivity contribution in [2.24, 2.45) is 0 Å². The third-order valence-corrected chi connectivity index (χ3v) is 20.1. The Balaban J connectivity index is 1.06. The highest BCUT2D eigenvalue weighted by molar-refractivity contribution is 7.26. The van der Waals surface area contributed by atoms with Gasteiger partial charge in [0.05, 0.1) is 5.52 Å². The molecule has 3 aliphatic rings. The predicted octanol–water partition coefficient (Wildman–Crippen LogP) is 17.9. The van der Waals surface area contributed by atoms with Crippen LogP contribution < -0.4 is 16.2 Å². The summed E-state index contributed by atoms with van der Waals surface area (Å²) in [4.78, 5) is 0. The zero-order chi connectivity index (χ0) is 48.1. The lowest BCUT2D eigenvalue weighted by molar-refractivity contribution is 0.332. The molecule has 0 bridgehead atoms. The third-order valence-electron chi connectivity index (χ3n) is 17.9. The van der Waals surface area contributed by atoms with Gasteiger partial charge in [0.15, 0.2) is 7.28 Å². The molecule has 0 spiro atoms. The Bertz CT molecular complexity index is 4360. The second kappa shape index (κ2) is 14.2. The molecule has 0 fully saturated rings. The number of benzene rings is 9. The van der Waals surface area contributed by atoms with E-state index < -0.39 is 0 Å². The summed E-state index contributed by atoms with van der Waals surface area (Å²) in [7, 11) is 2.52. The molecule has 3 aromatic heterocycles. The molecule has 71 heavy (non-hydrogen) atoms. The molecule has 0 saturated heterocycles. The smallest absolute Gasteiger partial charge is 0.197 e. The van der Waals surface area contributed by atoms with Crippen LogP contribution in [0, 0.1) is 0 Å². The van der Waals surface area contributed by atoms with Crippen LogP contribution in [-0.2, 0) is 21.7 Å². The molecule has 345 valence electrons. The second-order valence-corrected chi connectivity index (χ2v) is 26.2. The van der Waals surface area contributed by atoms with Crippen LogP contribution in [0.15, 0.2) is 140 Å². The molecule has 9 aromatic carbocycles. The Labute approximate surface area is 424 Å². The van der Waals surface area contributed by atoms with Gasteiger partial charge in [0, 0.05) is 84.6 Å². The van der Waals surface area contributed by atoms with Gasteiger partial charge in [-0.15, -0.1) is 22.7 Å². The number of hydrogen-bond donors (Lipinski definition) is 1. The van der Waals surface area contributed by atoms with Gasteiger partial charge >= 0.3 is 0 Å². The minimum absolute atomic E-state index is 0.0760. The van der Waals surface area contributed by atoms with Gasteiger partial charge < -0.3 is 9.88 Å². The van der Waals surface area contributed by atoms with E-state index in [1.807, 2.05) is 22.7 Å². The van der Waals surface area contributed by atoms with Gasteiger partial charge in [-0.05, 0) is 164 Å². The van der Waals surface area contributed by atoms with E-state index in [-0.39, 0.29) is 21.7 Å². The first-order chi connectivity index (χ1) is 34.1. The van der Waals surface area contributed by atoms with E-state index in [1.165, 1.54) is 159 Å². The summed E-state index contributed by atoms with van der Waals surface area (Å²) in [6.07, 6.45) is 4.78. The minimum Gasteiger partial charge on any atom is -0.354 e. The maximum Gasteiger partial charge on any atom is 0.197 e. The molecule has 0 atom stereocenters. The van der Waals surface area contributed by atoms with Gasteiger partial charge in [-0.3, -0.25) is 0 Å². The van der Waals surface area contributed by atoms with Crippen LogP contribution in [-0.4, -0.2) is 11.8 Å². The van der Waals surface area contributed by atoms with Crippen LogP contribution in [0.4, 0.5) is 11.4 Å². The average Bonchev–Trinajstić information content (AvgIpc) is 4.03. The summed E-state index contributed by atoms with van der Waals surface area (Å²) in [6.45, 7) is 19.7. The van der Waals surface area contributed by atoms with Gasteiger partial charge in [0.1, 0.15) is 0 Å². The maximum absolute atomic E-state index is 4.28. The zero-order valence-corrected chi connectivity index (χ0v) is 43.6. The predicted molar refractivity (Wildman–Crippen MR) is 312 cm³/mol. The molecule has 4 heterocycles. The minimum atomic E-state index is 0.0760. The average molecular weight is 952 g/mol. The Hall–Kier alpha value is -6.40. The number of nitrogens with zero attached hydrogens (tertiary/aromatic N) is 1.